The molecule has 0 bridgehead atoms. The minimum atomic E-state index is -0.243. The van der Waals surface area contributed by atoms with Crippen LogP contribution in [0.3, 0.4) is 0 Å². The number of hydrogen-bond acceptors (Lipinski definition) is 2. The quantitative estimate of drug-likeness (QED) is 0.611. The molecule has 0 aromatic heterocycles. The highest BCUT2D eigenvalue weighted by Crippen LogP contribution is 2.29. The molecular formula is C19H16BrNO2. The third kappa shape index (κ3) is 2.94. The van der Waals surface area contributed by atoms with Crippen molar-refractivity contribution in [3.63, 3.8) is 0 Å². The predicted molar refractivity (Wildman–Crippen MR) is 97.2 cm³/mol. The smallest absolute Gasteiger partial charge is 0.256 e. The zero-order valence-electron chi connectivity index (χ0n) is 12.9. The Hall–Kier alpha value is -2.33. The van der Waals surface area contributed by atoms with Gasteiger partial charge in [0.2, 0.25) is 0 Å². The zero-order chi connectivity index (χ0) is 16.6. The number of aryl methyl sites for hydroxylation is 2. The number of anilines is 1. The first-order valence-corrected chi connectivity index (χ1v) is 8.05. The number of amides is 1. The Labute approximate surface area is 143 Å². The summed E-state index contributed by atoms with van der Waals surface area (Å²) >= 11 is 3.50. The van der Waals surface area contributed by atoms with Gasteiger partial charge in [0, 0.05) is 10.0 Å². The van der Waals surface area contributed by atoms with Gasteiger partial charge < -0.3 is 10.4 Å². The second kappa shape index (κ2) is 6.05. The highest BCUT2D eigenvalue weighted by Gasteiger charge is 2.13. The number of phenolic OH excluding ortho intramolecular Hbond substituents is 1. The molecule has 0 aliphatic carbocycles. The first-order chi connectivity index (χ1) is 11.0. The van der Waals surface area contributed by atoms with Gasteiger partial charge in [-0.3, -0.25) is 4.79 Å². The van der Waals surface area contributed by atoms with Gasteiger partial charge in [-0.1, -0.05) is 40.2 Å². The standard InChI is InChI=1S/C19H16BrNO2/c1-11-9-17(18(22)10-12(11)2)21-19(23)15-7-3-6-14-13(15)5-4-8-16(14)20/h3-10,22H,1-2H3,(H,21,23). The van der Waals surface area contributed by atoms with E-state index in [2.05, 4.69) is 21.2 Å². The summed E-state index contributed by atoms with van der Waals surface area (Å²) < 4.78 is 0.943. The summed E-state index contributed by atoms with van der Waals surface area (Å²) in [5, 5.41) is 14.7. The molecule has 4 heteroatoms. The van der Waals surface area contributed by atoms with Crippen LogP contribution in [0, 0.1) is 13.8 Å². The fraction of sp³-hybridized carbons (Fsp3) is 0.105. The molecule has 0 spiro atoms. The molecule has 0 saturated carbocycles. The summed E-state index contributed by atoms with van der Waals surface area (Å²) in [7, 11) is 0. The van der Waals surface area contributed by atoms with Gasteiger partial charge in [-0.2, -0.15) is 0 Å². The number of fused-ring (bicyclic) bond motifs is 1. The van der Waals surface area contributed by atoms with Crippen molar-refractivity contribution in [3.05, 3.63) is 69.7 Å². The van der Waals surface area contributed by atoms with Gasteiger partial charge in [-0.05, 0) is 60.0 Å². The van der Waals surface area contributed by atoms with Gasteiger partial charge in [-0.25, -0.2) is 0 Å². The van der Waals surface area contributed by atoms with Gasteiger partial charge in [0.1, 0.15) is 5.75 Å². The molecule has 1 amide bonds. The molecule has 0 unspecified atom stereocenters. The highest BCUT2D eigenvalue weighted by atomic mass is 79.9. The van der Waals surface area contributed by atoms with Crippen LogP contribution < -0.4 is 5.32 Å². The first-order valence-electron chi connectivity index (χ1n) is 7.26. The van der Waals surface area contributed by atoms with E-state index in [1.165, 1.54) is 0 Å². The number of aromatic hydroxyl groups is 1. The number of carbonyl (C=O) groups is 1. The topological polar surface area (TPSA) is 49.3 Å². The molecule has 0 aliphatic heterocycles. The Morgan fingerprint density at radius 2 is 1.65 bits per heavy atom. The van der Waals surface area contributed by atoms with E-state index >= 15 is 0 Å². The lowest BCUT2D eigenvalue weighted by Crippen LogP contribution is -2.12. The minimum absolute atomic E-state index is 0.0721. The van der Waals surface area contributed by atoms with Crippen LogP contribution in [0.4, 0.5) is 5.69 Å². The van der Waals surface area contributed by atoms with Crippen LogP contribution in [0.25, 0.3) is 10.8 Å². The number of nitrogens with one attached hydrogen (secondary N) is 1. The molecule has 0 heterocycles. The molecule has 3 rings (SSSR count). The van der Waals surface area contributed by atoms with Gasteiger partial charge in [-0.15, -0.1) is 0 Å². The predicted octanol–water partition coefficient (Wildman–Crippen LogP) is 5.18. The van der Waals surface area contributed by atoms with Gasteiger partial charge in [0.25, 0.3) is 5.91 Å². The third-order valence-corrected chi connectivity index (χ3v) is 4.67. The van der Waals surface area contributed by atoms with E-state index in [0.29, 0.717) is 11.3 Å². The second-order valence-corrected chi connectivity index (χ2v) is 6.40. The molecule has 0 fully saturated rings. The molecule has 0 atom stereocenters. The van der Waals surface area contributed by atoms with E-state index in [1.807, 2.05) is 44.2 Å². The van der Waals surface area contributed by atoms with Crippen LogP contribution >= 0.6 is 15.9 Å². The van der Waals surface area contributed by atoms with E-state index in [-0.39, 0.29) is 11.7 Å². The van der Waals surface area contributed by atoms with E-state index < -0.39 is 0 Å². The summed E-state index contributed by atoms with van der Waals surface area (Å²) in [5.41, 5.74) is 2.99. The Kier molecular flexibility index (Phi) is 4.09. The lowest BCUT2D eigenvalue weighted by Gasteiger charge is -2.12. The van der Waals surface area contributed by atoms with Gasteiger partial charge >= 0.3 is 0 Å². The van der Waals surface area contributed by atoms with E-state index in [4.69, 9.17) is 0 Å². The number of halogens is 1. The van der Waals surface area contributed by atoms with Crippen LogP contribution in [-0.2, 0) is 0 Å². The molecule has 3 aromatic rings. The van der Waals surface area contributed by atoms with Crippen LogP contribution in [0.2, 0.25) is 0 Å². The molecule has 23 heavy (non-hydrogen) atoms. The number of hydrogen-bond donors (Lipinski definition) is 2. The number of phenols is 1. The molecule has 0 saturated heterocycles. The first kappa shape index (κ1) is 15.6. The van der Waals surface area contributed by atoms with Crippen molar-refractivity contribution in [1.29, 1.82) is 0 Å². The zero-order valence-corrected chi connectivity index (χ0v) is 14.4. The number of rotatable bonds is 2. The minimum Gasteiger partial charge on any atom is -0.506 e. The lowest BCUT2D eigenvalue weighted by molar-refractivity contribution is 0.102. The Balaban J connectivity index is 2.02. The van der Waals surface area contributed by atoms with Crippen LogP contribution in [0.15, 0.2) is 53.0 Å². The average Bonchev–Trinajstić information content (AvgIpc) is 2.52. The summed E-state index contributed by atoms with van der Waals surface area (Å²) in [6.07, 6.45) is 0. The Morgan fingerprint density at radius 1 is 1.00 bits per heavy atom. The maximum Gasteiger partial charge on any atom is 0.256 e. The maximum absolute atomic E-state index is 12.7. The van der Waals surface area contributed by atoms with Crippen molar-refractivity contribution in [2.45, 2.75) is 13.8 Å². The van der Waals surface area contributed by atoms with Crippen LogP contribution in [-0.4, -0.2) is 11.0 Å². The fourth-order valence-corrected chi connectivity index (χ4v) is 3.06. The fourth-order valence-electron chi connectivity index (χ4n) is 2.56. The van der Waals surface area contributed by atoms with E-state index in [1.54, 1.807) is 18.2 Å². The molecule has 2 N–H and O–H groups in total. The Morgan fingerprint density at radius 3 is 2.43 bits per heavy atom. The van der Waals surface area contributed by atoms with Crippen molar-refractivity contribution < 1.29 is 9.90 Å². The van der Waals surface area contributed by atoms with Crippen molar-refractivity contribution in [2.24, 2.45) is 0 Å². The molecule has 0 radical (unpaired) electrons. The molecule has 116 valence electrons. The summed E-state index contributed by atoms with van der Waals surface area (Å²) in [5.74, 6) is -0.171. The monoisotopic (exact) mass is 369 g/mol. The maximum atomic E-state index is 12.7. The van der Waals surface area contributed by atoms with Crippen molar-refractivity contribution >= 4 is 38.3 Å². The van der Waals surface area contributed by atoms with E-state index in [0.717, 1.165) is 26.4 Å². The van der Waals surface area contributed by atoms with Crippen molar-refractivity contribution in [1.82, 2.24) is 0 Å². The average molecular weight is 370 g/mol. The largest absolute Gasteiger partial charge is 0.506 e. The van der Waals surface area contributed by atoms with E-state index in [9.17, 15) is 9.90 Å². The highest BCUT2D eigenvalue weighted by molar-refractivity contribution is 9.10. The number of benzene rings is 3. The van der Waals surface area contributed by atoms with Crippen molar-refractivity contribution in [2.75, 3.05) is 5.32 Å². The van der Waals surface area contributed by atoms with Crippen LogP contribution in [0.5, 0.6) is 5.75 Å². The molecular weight excluding hydrogens is 354 g/mol. The second-order valence-electron chi connectivity index (χ2n) is 5.55. The molecule has 0 aliphatic rings. The Bertz CT molecular complexity index is 919. The molecule has 3 nitrogen and oxygen atoms in total. The summed E-state index contributed by atoms with van der Waals surface area (Å²) in [6.45, 7) is 3.86. The number of carbonyl (C=O) groups excluding carboxylic acids is 1. The summed E-state index contributed by atoms with van der Waals surface area (Å²) in [4.78, 5) is 12.7. The van der Waals surface area contributed by atoms with Crippen LogP contribution in [0.1, 0.15) is 21.5 Å². The lowest BCUT2D eigenvalue weighted by atomic mass is 10.0. The normalized spacial score (nSPS) is 10.7. The summed E-state index contributed by atoms with van der Waals surface area (Å²) in [6, 6.07) is 14.8. The SMILES string of the molecule is Cc1cc(O)c(NC(=O)c2cccc3c(Br)cccc23)cc1C. The van der Waals surface area contributed by atoms with Crippen molar-refractivity contribution in [3.8, 4) is 5.75 Å². The third-order valence-electron chi connectivity index (χ3n) is 3.97. The van der Waals surface area contributed by atoms with Gasteiger partial charge in [0.05, 0.1) is 5.69 Å². The van der Waals surface area contributed by atoms with Gasteiger partial charge in [0.15, 0.2) is 0 Å². The molecule has 3 aromatic carbocycles.